The van der Waals surface area contributed by atoms with Gasteiger partial charge in [0, 0.05) is 11.8 Å². The van der Waals surface area contributed by atoms with E-state index in [0.29, 0.717) is 24.0 Å². The molecule has 0 amide bonds. The van der Waals surface area contributed by atoms with E-state index in [1.54, 1.807) is 21.3 Å². The lowest BCUT2D eigenvalue weighted by molar-refractivity contribution is 0.251. The molecule has 1 heterocycles. The molecule has 2 aromatic rings. The van der Waals surface area contributed by atoms with E-state index in [2.05, 4.69) is 27.3 Å². The zero-order valence-corrected chi connectivity index (χ0v) is 17.4. The summed E-state index contributed by atoms with van der Waals surface area (Å²) in [6.07, 6.45) is 2.44. The highest BCUT2D eigenvalue weighted by Crippen LogP contribution is 2.30. The molecule has 0 bridgehead atoms. The quantitative estimate of drug-likeness (QED) is 0.525. The molecule has 29 heavy (non-hydrogen) atoms. The molecule has 0 aliphatic carbocycles. The van der Waals surface area contributed by atoms with Crippen molar-refractivity contribution in [2.75, 3.05) is 46.3 Å². The summed E-state index contributed by atoms with van der Waals surface area (Å²) in [5, 5.41) is 3.14. The number of benzene rings is 2. The highest BCUT2D eigenvalue weighted by Gasteiger charge is 2.23. The van der Waals surface area contributed by atoms with Gasteiger partial charge in [-0.1, -0.05) is 12.1 Å². The number of ether oxygens (including phenoxy) is 3. The third-order valence-electron chi connectivity index (χ3n) is 5.17. The summed E-state index contributed by atoms with van der Waals surface area (Å²) in [5.74, 6) is 2.53. The monoisotopic (exact) mass is 398 g/mol. The fraction of sp³-hybridized carbons (Fsp3) is 0.409. The van der Waals surface area contributed by atoms with Crippen LogP contribution < -0.4 is 25.3 Å². The van der Waals surface area contributed by atoms with Crippen LogP contribution >= 0.6 is 0 Å². The van der Waals surface area contributed by atoms with Gasteiger partial charge in [-0.15, -0.1) is 0 Å². The topological polar surface area (TPSA) is 81.3 Å². The summed E-state index contributed by atoms with van der Waals surface area (Å²) in [7, 11) is 4.89. The van der Waals surface area contributed by atoms with Crippen molar-refractivity contribution in [3.63, 3.8) is 0 Å². The zero-order chi connectivity index (χ0) is 20.6. The predicted molar refractivity (Wildman–Crippen MR) is 116 cm³/mol. The summed E-state index contributed by atoms with van der Waals surface area (Å²) in [6.45, 7) is 2.74. The van der Waals surface area contributed by atoms with Crippen LogP contribution in [0.25, 0.3) is 0 Å². The Balaban J connectivity index is 1.72. The molecule has 0 aromatic heterocycles. The van der Waals surface area contributed by atoms with E-state index in [1.165, 1.54) is 18.4 Å². The van der Waals surface area contributed by atoms with E-state index in [1.807, 2.05) is 30.3 Å². The van der Waals surface area contributed by atoms with Gasteiger partial charge < -0.3 is 25.3 Å². The average molecular weight is 399 g/mol. The maximum absolute atomic E-state index is 6.17. The van der Waals surface area contributed by atoms with Crippen LogP contribution in [0.4, 0.5) is 5.69 Å². The first kappa shape index (κ1) is 20.8. The molecule has 0 radical (unpaired) electrons. The molecule has 156 valence electrons. The molecule has 1 aliphatic heterocycles. The van der Waals surface area contributed by atoms with Gasteiger partial charge in [0.25, 0.3) is 0 Å². The number of guanidine groups is 1. The fourth-order valence-electron chi connectivity index (χ4n) is 3.60. The van der Waals surface area contributed by atoms with Crippen LogP contribution in [-0.4, -0.2) is 51.8 Å². The van der Waals surface area contributed by atoms with Gasteiger partial charge >= 0.3 is 0 Å². The van der Waals surface area contributed by atoms with Crippen molar-refractivity contribution in [2.24, 2.45) is 10.7 Å². The minimum absolute atomic E-state index is 0.189. The standard InChI is InChI=1S/C22H30N4O3/c1-27-18-9-6-16(7-10-18)19(26-12-4-5-13-26)15-24-22(23)25-17-8-11-20(28-2)21(14-17)29-3/h6-11,14,19H,4-5,12-13,15H2,1-3H3,(H3,23,24,25). The van der Waals surface area contributed by atoms with Crippen LogP contribution in [-0.2, 0) is 0 Å². The Labute approximate surface area is 172 Å². The Hall–Kier alpha value is -2.93. The fourth-order valence-corrected chi connectivity index (χ4v) is 3.60. The number of nitrogens with two attached hydrogens (primary N) is 1. The number of rotatable bonds is 8. The molecule has 3 N–H and O–H groups in total. The Morgan fingerprint density at radius 1 is 1.00 bits per heavy atom. The summed E-state index contributed by atoms with van der Waals surface area (Å²) in [6, 6.07) is 13.9. The number of nitrogens with one attached hydrogen (secondary N) is 1. The molecule has 1 saturated heterocycles. The predicted octanol–water partition coefficient (Wildman–Crippen LogP) is 3.28. The maximum atomic E-state index is 6.17. The molecular weight excluding hydrogens is 368 g/mol. The number of anilines is 1. The van der Waals surface area contributed by atoms with Gasteiger partial charge in [-0.05, 0) is 55.8 Å². The van der Waals surface area contributed by atoms with Crippen molar-refractivity contribution in [3.8, 4) is 17.2 Å². The van der Waals surface area contributed by atoms with Crippen LogP contribution in [0.3, 0.4) is 0 Å². The van der Waals surface area contributed by atoms with Crippen LogP contribution in [0.15, 0.2) is 47.5 Å². The van der Waals surface area contributed by atoms with Gasteiger partial charge in [-0.25, -0.2) is 0 Å². The smallest absolute Gasteiger partial charge is 0.193 e. The Bertz CT molecular complexity index is 817. The van der Waals surface area contributed by atoms with E-state index in [-0.39, 0.29) is 6.04 Å². The van der Waals surface area contributed by atoms with Crippen LogP contribution in [0.5, 0.6) is 17.2 Å². The van der Waals surface area contributed by atoms with Gasteiger partial charge in [0.15, 0.2) is 17.5 Å². The molecule has 1 fully saturated rings. The SMILES string of the molecule is COc1ccc(C(CN=C(N)Nc2ccc(OC)c(OC)c2)N2CCCC2)cc1. The molecular formula is C22H30N4O3. The number of likely N-dealkylation sites (tertiary alicyclic amines) is 1. The molecule has 3 rings (SSSR count). The summed E-state index contributed by atoms with van der Waals surface area (Å²) < 4.78 is 15.9. The van der Waals surface area contributed by atoms with E-state index in [0.717, 1.165) is 24.5 Å². The molecule has 0 spiro atoms. The maximum Gasteiger partial charge on any atom is 0.193 e. The zero-order valence-electron chi connectivity index (χ0n) is 17.4. The van der Waals surface area contributed by atoms with Crippen molar-refractivity contribution in [2.45, 2.75) is 18.9 Å². The molecule has 1 unspecified atom stereocenters. The molecule has 7 heteroatoms. The minimum atomic E-state index is 0.189. The lowest BCUT2D eigenvalue weighted by atomic mass is 10.1. The minimum Gasteiger partial charge on any atom is -0.497 e. The van der Waals surface area contributed by atoms with Crippen LogP contribution in [0.2, 0.25) is 0 Å². The number of hydrogen-bond donors (Lipinski definition) is 2. The number of methoxy groups -OCH3 is 3. The second kappa shape index (κ2) is 10.0. The van der Waals surface area contributed by atoms with Gasteiger partial charge in [0.05, 0.1) is 33.9 Å². The van der Waals surface area contributed by atoms with Gasteiger partial charge in [0.1, 0.15) is 5.75 Å². The van der Waals surface area contributed by atoms with Gasteiger partial charge in [0.2, 0.25) is 0 Å². The number of aliphatic imine (C=N–C) groups is 1. The Morgan fingerprint density at radius 2 is 1.69 bits per heavy atom. The molecule has 7 nitrogen and oxygen atoms in total. The highest BCUT2D eigenvalue weighted by molar-refractivity contribution is 5.92. The lowest BCUT2D eigenvalue weighted by Crippen LogP contribution is -2.30. The third-order valence-corrected chi connectivity index (χ3v) is 5.17. The third kappa shape index (κ3) is 5.32. The van der Waals surface area contributed by atoms with Crippen molar-refractivity contribution < 1.29 is 14.2 Å². The summed E-state index contributed by atoms with van der Waals surface area (Å²) in [4.78, 5) is 7.09. The van der Waals surface area contributed by atoms with E-state index < -0.39 is 0 Å². The number of nitrogens with zero attached hydrogens (tertiary/aromatic N) is 2. The Kier molecular flexibility index (Phi) is 7.19. The molecule has 0 saturated carbocycles. The van der Waals surface area contributed by atoms with Gasteiger partial charge in [-0.2, -0.15) is 0 Å². The first-order valence-electron chi connectivity index (χ1n) is 9.81. The van der Waals surface area contributed by atoms with Crippen LogP contribution in [0, 0.1) is 0 Å². The van der Waals surface area contributed by atoms with Crippen molar-refractivity contribution in [3.05, 3.63) is 48.0 Å². The van der Waals surface area contributed by atoms with E-state index in [4.69, 9.17) is 19.9 Å². The Morgan fingerprint density at radius 3 is 2.31 bits per heavy atom. The summed E-state index contributed by atoms with van der Waals surface area (Å²) >= 11 is 0. The van der Waals surface area contributed by atoms with Crippen molar-refractivity contribution in [1.29, 1.82) is 0 Å². The molecule has 2 aromatic carbocycles. The van der Waals surface area contributed by atoms with E-state index in [9.17, 15) is 0 Å². The number of hydrogen-bond acceptors (Lipinski definition) is 5. The largest absolute Gasteiger partial charge is 0.497 e. The lowest BCUT2D eigenvalue weighted by Gasteiger charge is -2.27. The van der Waals surface area contributed by atoms with Crippen LogP contribution in [0.1, 0.15) is 24.4 Å². The molecule has 1 atom stereocenters. The van der Waals surface area contributed by atoms with Gasteiger partial charge in [-0.3, -0.25) is 9.89 Å². The molecule has 1 aliphatic rings. The normalized spacial score (nSPS) is 15.8. The average Bonchev–Trinajstić information content (AvgIpc) is 3.28. The second-order valence-corrected chi connectivity index (χ2v) is 6.95. The first-order valence-corrected chi connectivity index (χ1v) is 9.81. The van der Waals surface area contributed by atoms with Crippen molar-refractivity contribution >= 4 is 11.6 Å². The summed E-state index contributed by atoms with van der Waals surface area (Å²) in [5.41, 5.74) is 8.18. The first-order chi connectivity index (χ1) is 14.1. The van der Waals surface area contributed by atoms with Crippen molar-refractivity contribution in [1.82, 2.24) is 4.90 Å². The second-order valence-electron chi connectivity index (χ2n) is 6.95. The highest BCUT2D eigenvalue weighted by atomic mass is 16.5. The van der Waals surface area contributed by atoms with E-state index >= 15 is 0 Å².